The van der Waals surface area contributed by atoms with Gasteiger partial charge in [0.25, 0.3) is 5.56 Å². The average Bonchev–Trinajstić information content (AvgIpc) is 3.36. The van der Waals surface area contributed by atoms with Crippen LogP contribution in [0.25, 0.3) is 22.6 Å². The molecule has 0 aliphatic carbocycles. The number of H-pyrrole nitrogens is 1. The second-order valence-electron chi connectivity index (χ2n) is 7.32. The van der Waals surface area contributed by atoms with E-state index in [1.807, 2.05) is 6.92 Å². The van der Waals surface area contributed by atoms with Crippen molar-refractivity contribution >= 4 is 11.2 Å². The van der Waals surface area contributed by atoms with Gasteiger partial charge in [-0.05, 0) is 24.1 Å². The van der Waals surface area contributed by atoms with Crippen LogP contribution in [0, 0.1) is 5.82 Å². The summed E-state index contributed by atoms with van der Waals surface area (Å²) in [7, 11) is 0. The van der Waals surface area contributed by atoms with Crippen LogP contribution in [-0.4, -0.2) is 39.5 Å². The van der Waals surface area contributed by atoms with Crippen LogP contribution in [0.2, 0.25) is 0 Å². The monoisotopic (exact) mass is 466 g/mol. The highest BCUT2D eigenvalue weighted by Crippen LogP contribution is 2.31. The van der Waals surface area contributed by atoms with Crippen LogP contribution in [0.5, 0.6) is 0 Å². The van der Waals surface area contributed by atoms with E-state index < -0.39 is 29.4 Å². The molecule has 0 spiro atoms. The molecule has 4 aromatic rings. The van der Waals surface area contributed by atoms with Crippen LogP contribution >= 0.6 is 0 Å². The first-order chi connectivity index (χ1) is 15.6. The van der Waals surface area contributed by atoms with Crippen molar-refractivity contribution in [2.24, 2.45) is 0 Å². The molecule has 0 radical (unpaired) electrons. The van der Waals surface area contributed by atoms with Crippen molar-refractivity contribution in [1.29, 1.82) is 0 Å². The Morgan fingerprint density at radius 3 is 2.61 bits per heavy atom. The molecule has 9 nitrogen and oxygen atoms in total. The van der Waals surface area contributed by atoms with Gasteiger partial charge in [-0.15, -0.1) is 0 Å². The second-order valence-corrected chi connectivity index (χ2v) is 7.32. The first-order valence-electron chi connectivity index (χ1n) is 9.83. The number of nitrogens with one attached hydrogen (secondary N) is 1. The van der Waals surface area contributed by atoms with Crippen molar-refractivity contribution in [3.8, 4) is 11.4 Å². The molecular weight excluding hydrogens is 448 g/mol. The first-order valence-corrected chi connectivity index (χ1v) is 9.83. The number of nitrogens with zero attached hydrogens (tertiary/aromatic N) is 5. The molecule has 0 saturated carbocycles. The molecule has 0 bridgehead atoms. The van der Waals surface area contributed by atoms with Crippen molar-refractivity contribution < 1.29 is 27.8 Å². The molecule has 0 aliphatic heterocycles. The minimum absolute atomic E-state index is 0.00229. The Labute approximate surface area is 183 Å². The van der Waals surface area contributed by atoms with E-state index in [0.717, 1.165) is 16.7 Å². The van der Waals surface area contributed by atoms with Gasteiger partial charge >= 0.3 is 6.18 Å². The lowest BCUT2D eigenvalue weighted by Crippen LogP contribution is -2.27. The standard InChI is InChI=1S/C20H18F4N6O3/c1-2-5-30-17(19(32)33)28-16-14(18(30)31)26-15(27-16)11-7-25-29(9-11)8-10-3-4-12(13(21)6-10)20(22,23)24/h3-4,6-7,9,19,32-33H,2,5,8H2,1H3,(H,26,27). The average molecular weight is 466 g/mol. The van der Waals surface area contributed by atoms with Crippen LogP contribution in [-0.2, 0) is 19.3 Å². The largest absolute Gasteiger partial charge is 0.419 e. The minimum Gasteiger partial charge on any atom is -0.362 e. The fourth-order valence-electron chi connectivity index (χ4n) is 3.42. The van der Waals surface area contributed by atoms with E-state index in [-0.39, 0.29) is 41.5 Å². The van der Waals surface area contributed by atoms with Crippen LogP contribution in [0.15, 0.2) is 35.4 Å². The van der Waals surface area contributed by atoms with Gasteiger partial charge in [0.05, 0.1) is 23.9 Å². The summed E-state index contributed by atoms with van der Waals surface area (Å²) >= 11 is 0. The zero-order valence-electron chi connectivity index (χ0n) is 17.1. The molecule has 13 heteroatoms. The van der Waals surface area contributed by atoms with Crippen molar-refractivity contribution in [1.82, 2.24) is 29.3 Å². The molecule has 0 aliphatic rings. The summed E-state index contributed by atoms with van der Waals surface area (Å²) in [4.78, 5) is 23.9. The molecule has 3 heterocycles. The Morgan fingerprint density at radius 1 is 1.21 bits per heavy atom. The summed E-state index contributed by atoms with van der Waals surface area (Å²) in [5.74, 6) is -1.37. The molecule has 174 valence electrons. The summed E-state index contributed by atoms with van der Waals surface area (Å²) in [5, 5.41) is 23.2. The number of imidazole rings is 1. The molecule has 33 heavy (non-hydrogen) atoms. The third kappa shape index (κ3) is 4.36. The number of rotatable bonds is 6. The van der Waals surface area contributed by atoms with Gasteiger partial charge in [-0.2, -0.15) is 18.3 Å². The number of benzene rings is 1. The van der Waals surface area contributed by atoms with E-state index in [1.165, 1.54) is 17.1 Å². The molecule has 3 aromatic heterocycles. The lowest BCUT2D eigenvalue weighted by atomic mass is 10.1. The van der Waals surface area contributed by atoms with E-state index in [1.54, 1.807) is 0 Å². The minimum atomic E-state index is -4.78. The van der Waals surface area contributed by atoms with E-state index in [9.17, 15) is 32.6 Å². The molecular formula is C20H18F4N6O3. The van der Waals surface area contributed by atoms with Gasteiger partial charge in [-0.25, -0.2) is 14.4 Å². The quantitative estimate of drug-likeness (QED) is 0.297. The number of fused-ring (bicyclic) bond motifs is 1. The maximum absolute atomic E-state index is 13.8. The van der Waals surface area contributed by atoms with Gasteiger partial charge in [-0.3, -0.25) is 14.0 Å². The Bertz CT molecular complexity index is 1370. The molecule has 3 N–H and O–H groups in total. The number of aliphatic hydroxyl groups excluding tert-OH is 1. The van der Waals surface area contributed by atoms with Gasteiger partial charge in [0.2, 0.25) is 6.29 Å². The molecule has 0 amide bonds. The van der Waals surface area contributed by atoms with Crippen LogP contribution in [0.4, 0.5) is 17.6 Å². The third-order valence-corrected chi connectivity index (χ3v) is 4.91. The number of halogens is 4. The number of aromatic nitrogens is 6. The van der Waals surface area contributed by atoms with Gasteiger partial charge in [0, 0.05) is 12.7 Å². The second kappa shape index (κ2) is 8.41. The van der Waals surface area contributed by atoms with Crippen LogP contribution in [0.1, 0.15) is 36.6 Å². The molecule has 4 rings (SSSR count). The van der Waals surface area contributed by atoms with Crippen LogP contribution in [0.3, 0.4) is 0 Å². The lowest BCUT2D eigenvalue weighted by Gasteiger charge is -2.11. The zero-order chi connectivity index (χ0) is 23.9. The van der Waals surface area contributed by atoms with E-state index in [0.29, 0.717) is 18.1 Å². The Balaban J connectivity index is 1.65. The molecule has 0 unspecified atom stereocenters. The predicted molar refractivity (Wildman–Crippen MR) is 107 cm³/mol. The fourth-order valence-corrected chi connectivity index (χ4v) is 3.42. The van der Waals surface area contributed by atoms with Gasteiger partial charge < -0.3 is 15.2 Å². The predicted octanol–water partition coefficient (Wildman–Crippen LogP) is 2.58. The number of hydrogen-bond donors (Lipinski definition) is 3. The highest BCUT2D eigenvalue weighted by Gasteiger charge is 2.33. The van der Waals surface area contributed by atoms with E-state index >= 15 is 0 Å². The Kier molecular flexibility index (Phi) is 5.76. The van der Waals surface area contributed by atoms with Crippen molar-refractivity contribution in [3.05, 3.63) is 63.7 Å². The van der Waals surface area contributed by atoms with Crippen molar-refractivity contribution in [2.45, 2.75) is 38.9 Å². The summed E-state index contributed by atoms with van der Waals surface area (Å²) in [5.41, 5.74) is -1.10. The number of hydrogen-bond acceptors (Lipinski definition) is 6. The number of alkyl halides is 3. The van der Waals surface area contributed by atoms with E-state index in [2.05, 4.69) is 20.1 Å². The SMILES string of the molecule is CCCn1c(C(O)O)nc2nc(-c3cnn(Cc4ccc(C(F)(F)F)c(F)c4)c3)[nH]c2c1=O. The number of aliphatic hydroxyl groups is 2. The third-order valence-electron chi connectivity index (χ3n) is 4.91. The van der Waals surface area contributed by atoms with Gasteiger partial charge in [-0.1, -0.05) is 13.0 Å². The van der Waals surface area contributed by atoms with Crippen molar-refractivity contribution in [2.75, 3.05) is 0 Å². The summed E-state index contributed by atoms with van der Waals surface area (Å²) in [6, 6.07) is 2.64. The van der Waals surface area contributed by atoms with E-state index in [4.69, 9.17) is 0 Å². The molecule has 1 aromatic carbocycles. The maximum atomic E-state index is 13.8. The summed E-state index contributed by atoms with van der Waals surface area (Å²) in [6.07, 6.45) is -3.26. The molecule has 0 atom stereocenters. The maximum Gasteiger partial charge on any atom is 0.419 e. The fraction of sp³-hybridized carbons (Fsp3) is 0.300. The Morgan fingerprint density at radius 2 is 1.97 bits per heavy atom. The smallest absolute Gasteiger partial charge is 0.362 e. The highest BCUT2D eigenvalue weighted by molar-refractivity contribution is 5.74. The summed E-state index contributed by atoms with van der Waals surface area (Å²) < 4.78 is 54.5. The van der Waals surface area contributed by atoms with Crippen molar-refractivity contribution in [3.63, 3.8) is 0 Å². The van der Waals surface area contributed by atoms with Gasteiger partial charge in [0.1, 0.15) is 11.6 Å². The summed E-state index contributed by atoms with van der Waals surface area (Å²) in [6.45, 7) is 2.04. The highest BCUT2D eigenvalue weighted by atomic mass is 19.4. The Hall–Kier alpha value is -3.58. The zero-order valence-corrected chi connectivity index (χ0v) is 17.1. The lowest BCUT2D eigenvalue weighted by molar-refractivity contribution is -0.140. The first kappa shape index (κ1) is 22.6. The normalized spacial score (nSPS) is 12.2. The topological polar surface area (TPSA) is 122 Å². The molecule has 0 fully saturated rings. The molecule has 0 saturated heterocycles. The van der Waals surface area contributed by atoms with Crippen LogP contribution < -0.4 is 5.56 Å². The number of aromatic amines is 1. The van der Waals surface area contributed by atoms with Gasteiger partial charge in [0.15, 0.2) is 17.0 Å².